The standard InChI is InChI=1S/C12H16BrN4O6PS/c13-9-5-2-1-4-8(9)11(18)15-10-6-3-7-17(12(10)19)24(14,20)16-25(21,22)23/h1-2,4-5,10H,3,6-7H2,(H,15,18)(H3,14,16,20)(H,21,22,23)/t10-,24?/m0/s1. The Hall–Kier alpha value is -1.30. The number of piperidine rings is 1. The summed E-state index contributed by atoms with van der Waals surface area (Å²) in [6, 6.07) is 5.57. The number of nitrogens with two attached hydrogens (primary N) is 1. The average molecular weight is 455 g/mol. The molecule has 0 aromatic heterocycles. The number of amides is 2. The second-order valence-corrected chi connectivity index (χ2v) is 9.56. The van der Waals surface area contributed by atoms with Crippen molar-refractivity contribution in [3.8, 4) is 0 Å². The maximum Gasteiger partial charge on any atom is 0.341 e. The number of hydrogen-bond donors (Lipinski definition) is 4. The second-order valence-electron chi connectivity index (χ2n) is 5.30. The smallest absolute Gasteiger partial charge is 0.340 e. The fraction of sp³-hybridized carbons (Fsp3) is 0.333. The molecule has 13 heteroatoms. The number of rotatable bonds is 5. The quantitative estimate of drug-likeness (QED) is 0.374. The zero-order chi connectivity index (χ0) is 18.8. The molecule has 2 amide bonds. The molecule has 10 nitrogen and oxygen atoms in total. The van der Waals surface area contributed by atoms with Crippen molar-refractivity contribution < 1.29 is 27.1 Å². The Morgan fingerprint density at radius 3 is 2.64 bits per heavy atom. The van der Waals surface area contributed by atoms with E-state index in [0.717, 1.165) is 0 Å². The Labute approximate surface area is 152 Å². The molecule has 1 saturated heterocycles. The number of carbonyl (C=O) groups excluding carboxylic acids is 2. The van der Waals surface area contributed by atoms with Crippen molar-refractivity contribution in [3.63, 3.8) is 0 Å². The van der Waals surface area contributed by atoms with Crippen molar-refractivity contribution in [3.05, 3.63) is 34.3 Å². The van der Waals surface area contributed by atoms with E-state index in [0.29, 0.717) is 21.1 Å². The highest BCUT2D eigenvalue weighted by Gasteiger charge is 2.40. The third-order valence-corrected chi connectivity index (χ3v) is 7.22. The van der Waals surface area contributed by atoms with Crippen molar-refractivity contribution in [2.45, 2.75) is 18.9 Å². The van der Waals surface area contributed by atoms with Crippen molar-refractivity contribution in [2.24, 2.45) is 5.50 Å². The van der Waals surface area contributed by atoms with Crippen LogP contribution in [0.5, 0.6) is 0 Å². The lowest BCUT2D eigenvalue weighted by Crippen LogP contribution is -2.53. The van der Waals surface area contributed by atoms with Crippen LogP contribution in [0.1, 0.15) is 23.2 Å². The molecule has 0 bridgehead atoms. The molecule has 2 rings (SSSR count). The zero-order valence-corrected chi connectivity index (χ0v) is 16.1. The van der Waals surface area contributed by atoms with Gasteiger partial charge in [0, 0.05) is 11.0 Å². The Bertz CT molecular complexity index is 848. The summed E-state index contributed by atoms with van der Waals surface area (Å²) < 4.78 is 45.3. The number of nitrogens with zero attached hydrogens (tertiary/aromatic N) is 1. The Morgan fingerprint density at radius 2 is 2.04 bits per heavy atom. The Morgan fingerprint density at radius 1 is 1.40 bits per heavy atom. The molecular weight excluding hydrogens is 439 g/mol. The monoisotopic (exact) mass is 454 g/mol. The van der Waals surface area contributed by atoms with Gasteiger partial charge in [0.25, 0.3) is 11.8 Å². The van der Waals surface area contributed by atoms with Gasteiger partial charge in [-0.25, -0.2) is 0 Å². The van der Waals surface area contributed by atoms with Gasteiger partial charge in [-0.05, 0) is 40.9 Å². The lowest BCUT2D eigenvalue weighted by molar-refractivity contribution is -0.130. The molecule has 0 spiro atoms. The van der Waals surface area contributed by atoms with E-state index >= 15 is 0 Å². The van der Waals surface area contributed by atoms with E-state index in [2.05, 4.69) is 21.2 Å². The predicted molar refractivity (Wildman–Crippen MR) is 92.8 cm³/mol. The SMILES string of the molecule is NP(=O)(NS(=O)(=O)O)N1CCC[C@H](NC(=O)c2ccccc2Br)C1=O. The van der Waals surface area contributed by atoms with Gasteiger partial charge in [0.05, 0.1) is 5.56 Å². The summed E-state index contributed by atoms with van der Waals surface area (Å²) >= 11 is 3.23. The van der Waals surface area contributed by atoms with Crippen LogP contribution in [0, 0.1) is 0 Å². The second kappa shape index (κ2) is 7.52. The maximum absolute atomic E-state index is 12.4. The van der Waals surface area contributed by atoms with Gasteiger partial charge in [0.15, 0.2) is 0 Å². The minimum Gasteiger partial charge on any atom is -0.340 e. The van der Waals surface area contributed by atoms with Crippen LogP contribution in [0.4, 0.5) is 0 Å². The summed E-state index contributed by atoms with van der Waals surface area (Å²) in [6.45, 7) is -0.0729. The fourth-order valence-electron chi connectivity index (χ4n) is 2.38. The highest BCUT2D eigenvalue weighted by Crippen LogP contribution is 2.40. The fourth-order valence-corrected chi connectivity index (χ4v) is 5.44. The summed E-state index contributed by atoms with van der Waals surface area (Å²) in [4.78, 5) is 24.7. The van der Waals surface area contributed by atoms with Crippen LogP contribution in [-0.2, 0) is 19.7 Å². The summed E-state index contributed by atoms with van der Waals surface area (Å²) in [5.41, 5.74) is 5.69. The van der Waals surface area contributed by atoms with Gasteiger partial charge >= 0.3 is 17.9 Å². The Balaban J connectivity index is 2.16. The van der Waals surface area contributed by atoms with Crippen LogP contribution in [0.15, 0.2) is 28.7 Å². The molecule has 0 radical (unpaired) electrons. The van der Waals surface area contributed by atoms with Gasteiger partial charge < -0.3 is 5.32 Å². The molecule has 1 unspecified atom stereocenters. The van der Waals surface area contributed by atoms with Gasteiger partial charge in [-0.1, -0.05) is 12.1 Å². The lowest BCUT2D eigenvalue weighted by Gasteiger charge is -2.35. The van der Waals surface area contributed by atoms with E-state index in [9.17, 15) is 22.6 Å². The molecule has 25 heavy (non-hydrogen) atoms. The third kappa shape index (κ3) is 5.09. The number of benzene rings is 1. The van der Waals surface area contributed by atoms with Crippen LogP contribution in [-0.4, -0.2) is 42.0 Å². The molecule has 1 aromatic rings. The van der Waals surface area contributed by atoms with Gasteiger partial charge in [-0.3, -0.25) is 28.9 Å². The topological polar surface area (TPSA) is 159 Å². The van der Waals surface area contributed by atoms with Crippen LogP contribution < -0.4 is 15.3 Å². The van der Waals surface area contributed by atoms with Crippen LogP contribution in [0.2, 0.25) is 0 Å². The molecule has 1 fully saturated rings. The van der Waals surface area contributed by atoms with Crippen molar-refractivity contribution in [2.75, 3.05) is 6.54 Å². The summed E-state index contributed by atoms with van der Waals surface area (Å²) in [7, 11) is -9.24. The first kappa shape index (κ1) is 20.0. The molecule has 138 valence electrons. The number of hydrogen-bond acceptors (Lipinski definition) is 5. The average Bonchev–Trinajstić information content (AvgIpc) is 2.47. The zero-order valence-electron chi connectivity index (χ0n) is 12.8. The molecule has 5 N–H and O–H groups in total. The number of nitrogens with one attached hydrogen (secondary N) is 2. The Kier molecular flexibility index (Phi) is 6.02. The van der Waals surface area contributed by atoms with E-state index in [-0.39, 0.29) is 13.0 Å². The number of carbonyl (C=O) groups is 2. The molecule has 1 aliphatic rings. The largest absolute Gasteiger partial charge is 0.341 e. The summed E-state index contributed by atoms with van der Waals surface area (Å²) in [5, 5.41) is 2.51. The highest BCUT2D eigenvalue weighted by molar-refractivity contribution is 9.10. The van der Waals surface area contributed by atoms with E-state index < -0.39 is 35.8 Å². The minimum atomic E-state index is -4.87. The normalized spacial score (nSPS) is 20.8. The van der Waals surface area contributed by atoms with Gasteiger partial charge in [0.1, 0.15) is 6.04 Å². The van der Waals surface area contributed by atoms with E-state index in [1.165, 1.54) is 4.49 Å². The van der Waals surface area contributed by atoms with Crippen LogP contribution in [0.3, 0.4) is 0 Å². The number of halogens is 1. The molecule has 1 aromatic carbocycles. The molecule has 0 saturated carbocycles. The van der Waals surface area contributed by atoms with Crippen molar-refractivity contribution in [1.29, 1.82) is 0 Å². The summed E-state index contributed by atoms with van der Waals surface area (Å²) in [5.74, 6) is -1.32. The molecular formula is C12H16BrN4O6PS. The maximum atomic E-state index is 12.4. The van der Waals surface area contributed by atoms with Crippen molar-refractivity contribution in [1.82, 2.24) is 14.5 Å². The lowest BCUT2D eigenvalue weighted by atomic mass is 10.1. The third-order valence-electron chi connectivity index (χ3n) is 3.44. The predicted octanol–water partition coefficient (Wildman–Crippen LogP) is 0.629. The van der Waals surface area contributed by atoms with Crippen molar-refractivity contribution >= 4 is 45.6 Å². The van der Waals surface area contributed by atoms with Gasteiger partial charge in [0.2, 0.25) is 0 Å². The van der Waals surface area contributed by atoms with E-state index in [1.807, 2.05) is 0 Å². The van der Waals surface area contributed by atoms with Gasteiger partial charge in [-0.2, -0.15) is 8.42 Å². The molecule has 1 aliphatic heterocycles. The molecule has 0 aliphatic carbocycles. The first-order valence-electron chi connectivity index (χ1n) is 7.03. The van der Waals surface area contributed by atoms with Crippen LogP contribution in [0.25, 0.3) is 0 Å². The summed E-state index contributed by atoms with van der Waals surface area (Å²) in [6.07, 6.45) is 0.610. The first-order chi connectivity index (χ1) is 11.5. The van der Waals surface area contributed by atoms with E-state index in [1.54, 1.807) is 24.3 Å². The van der Waals surface area contributed by atoms with Gasteiger partial charge in [-0.15, -0.1) is 4.49 Å². The van der Waals surface area contributed by atoms with Crippen LogP contribution >= 0.6 is 23.5 Å². The molecule has 1 heterocycles. The minimum absolute atomic E-state index is 0.0729. The highest BCUT2D eigenvalue weighted by atomic mass is 79.9. The molecule has 2 atom stereocenters. The first-order valence-corrected chi connectivity index (χ1v) is 11.0. The van der Waals surface area contributed by atoms with E-state index in [4.69, 9.17) is 10.1 Å².